The fourth-order valence-electron chi connectivity index (χ4n) is 3.51. The largest absolute Gasteiger partial charge is 0.277 e. The minimum Gasteiger partial charge on any atom is -0.277 e. The van der Waals surface area contributed by atoms with Gasteiger partial charge in [0.25, 0.3) is 5.56 Å². The van der Waals surface area contributed by atoms with Crippen LogP contribution in [0.5, 0.6) is 0 Å². The summed E-state index contributed by atoms with van der Waals surface area (Å²) in [5.74, 6) is 0. The van der Waals surface area contributed by atoms with Gasteiger partial charge in [-0.3, -0.25) is 9.69 Å². The second kappa shape index (κ2) is 5.91. The molecule has 4 nitrogen and oxygen atoms in total. The van der Waals surface area contributed by atoms with Gasteiger partial charge in [-0.15, -0.1) is 0 Å². The van der Waals surface area contributed by atoms with Gasteiger partial charge in [0.15, 0.2) is 0 Å². The van der Waals surface area contributed by atoms with Crippen molar-refractivity contribution in [1.82, 2.24) is 14.7 Å². The van der Waals surface area contributed by atoms with Crippen molar-refractivity contribution in [2.24, 2.45) is 0 Å². The summed E-state index contributed by atoms with van der Waals surface area (Å²) in [6.45, 7) is 3.55. The lowest BCUT2D eigenvalue weighted by Crippen LogP contribution is -2.34. The Labute approximate surface area is 139 Å². The first-order chi connectivity index (χ1) is 11.2. The van der Waals surface area contributed by atoms with Crippen molar-refractivity contribution in [2.45, 2.75) is 32.5 Å². The first kappa shape index (κ1) is 14.6. The van der Waals surface area contributed by atoms with Crippen molar-refractivity contribution in [3.63, 3.8) is 0 Å². The van der Waals surface area contributed by atoms with Crippen LogP contribution in [-0.2, 0) is 6.67 Å². The summed E-state index contributed by atoms with van der Waals surface area (Å²) in [5.41, 5.74) is 2.27. The van der Waals surface area contributed by atoms with E-state index in [1.807, 2.05) is 31.2 Å². The van der Waals surface area contributed by atoms with Crippen molar-refractivity contribution in [1.29, 1.82) is 0 Å². The SMILES string of the molecule is Cc1nn(CN2CCCC2c2ccsc2)c(=O)c2ccccc12. The normalized spacial score (nSPS) is 18.7. The summed E-state index contributed by atoms with van der Waals surface area (Å²) in [6.07, 6.45) is 2.32. The van der Waals surface area contributed by atoms with Crippen LogP contribution < -0.4 is 5.56 Å². The lowest BCUT2D eigenvalue weighted by molar-refractivity contribution is 0.187. The number of rotatable bonds is 3. The Balaban J connectivity index is 1.70. The Morgan fingerprint density at radius 3 is 2.87 bits per heavy atom. The smallest absolute Gasteiger partial charge is 0.275 e. The molecule has 1 aromatic carbocycles. The maximum atomic E-state index is 12.7. The highest BCUT2D eigenvalue weighted by atomic mass is 32.1. The number of aryl methyl sites for hydroxylation is 1. The van der Waals surface area contributed by atoms with E-state index in [0.717, 1.165) is 29.4 Å². The fourth-order valence-corrected chi connectivity index (χ4v) is 4.22. The zero-order valence-corrected chi connectivity index (χ0v) is 13.9. The first-order valence-electron chi connectivity index (χ1n) is 7.96. The number of thiophene rings is 1. The molecule has 1 aliphatic rings. The number of fused-ring (bicyclic) bond motifs is 1. The van der Waals surface area contributed by atoms with Gasteiger partial charge in [0.2, 0.25) is 0 Å². The average Bonchev–Trinajstić information content (AvgIpc) is 3.23. The van der Waals surface area contributed by atoms with Gasteiger partial charge in [0.1, 0.15) is 0 Å². The van der Waals surface area contributed by atoms with E-state index in [2.05, 4.69) is 26.8 Å². The van der Waals surface area contributed by atoms with E-state index >= 15 is 0 Å². The highest BCUT2D eigenvalue weighted by Gasteiger charge is 2.27. The lowest BCUT2D eigenvalue weighted by atomic mass is 10.1. The predicted molar refractivity (Wildman–Crippen MR) is 93.7 cm³/mol. The maximum Gasteiger partial charge on any atom is 0.275 e. The summed E-state index contributed by atoms with van der Waals surface area (Å²) in [4.78, 5) is 15.1. The van der Waals surface area contributed by atoms with E-state index in [4.69, 9.17) is 0 Å². The number of aromatic nitrogens is 2. The predicted octanol–water partition coefficient (Wildman–Crippen LogP) is 3.56. The van der Waals surface area contributed by atoms with Gasteiger partial charge in [-0.05, 0) is 48.2 Å². The second-order valence-electron chi connectivity index (χ2n) is 6.10. The summed E-state index contributed by atoms with van der Waals surface area (Å²) < 4.78 is 1.63. The van der Waals surface area contributed by atoms with Crippen LogP contribution in [-0.4, -0.2) is 21.2 Å². The van der Waals surface area contributed by atoms with E-state index in [0.29, 0.717) is 12.7 Å². The van der Waals surface area contributed by atoms with E-state index in [1.165, 1.54) is 12.0 Å². The fraction of sp³-hybridized carbons (Fsp3) is 0.333. The van der Waals surface area contributed by atoms with Crippen molar-refractivity contribution in [2.75, 3.05) is 6.54 Å². The molecule has 0 radical (unpaired) electrons. The van der Waals surface area contributed by atoms with Crippen LogP contribution in [0.3, 0.4) is 0 Å². The average molecular weight is 325 g/mol. The molecule has 1 atom stereocenters. The Morgan fingerprint density at radius 2 is 2.09 bits per heavy atom. The van der Waals surface area contributed by atoms with Crippen molar-refractivity contribution in [3.05, 3.63) is 62.7 Å². The van der Waals surface area contributed by atoms with Crippen LogP contribution in [0.25, 0.3) is 10.8 Å². The molecule has 1 fully saturated rings. The molecule has 0 bridgehead atoms. The molecular weight excluding hydrogens is 306 g/mol. The standard InChI is InChI=1S/C18H19N3OS/c1-13-15-5-2-3-6-16(15)18(22)21(19-13)12-20-9-4-7-17(20)14-8-10-23-11-14/h2-3,5-6,8,10-11,17H,4,7,9,12H2,1H3. The van der Waals surface area contributed by atoms with E-state index in [-0.39, 0.29) is 5.56 Å². The van der Waals surface area contributed by atoms with Crippen molar-refractivity contribution in [3.8, 4) is 0 Å². The zero-order valence-electron chi connectivity index (χ0n) is 13.1. The molecule has 23 heavy (non-hydrogen) atoms. The number of hydrogen-bond donors (Lipinski definition) is 0. The molecule has 0 amide bonds. The number of likely N-dealkylation sites (tertiary alicyclic amines) is 1. The molecular formula is C18H19N3OS. The molecule has 0 aliphatic carbocycles. The Morgan fingerprint density at radius 1 is 1.26 bits per heavy atom. The van der Waals surface area contributed by atoms with Crippen LogP contribution in [0.2, 0.25) is 0 Å². The molecule has 118 valence electrons. The van der Waals surface area contributed by atoms with Crippen LogP contribution in [0.4, 0.5) is 0 Å². The van der Waals surface area contributed by atoms with Gasteiger partial charge < -0.3 is 0 Å². The molecule has 1 aliphatic heterocycles. The molecule has 1 unspecified atom stereocenters. The number of nitrogens with zero attached hydrogens (tertiary/aromatic N) is 3. The van der Waals surface area contributed by atoms with Gasteiger partial charge in [-0.25, -0.2) is 4.68 Å². The van der Waals surface area contributed by atoms with E-state index in [1.54, 1.807) is 16.0 Å². The van der Waals surface area contributed by atoms with Gasteiger partial charge in [-0.1, -0.05) is 18.2 Å². The van der Waals surface area contributed by atoms with Crippen LogP contribution in [0.1, 0.15) is 30.1 Å². The quantitative estimate of drug-likeness (QED) is 0.739. The van der Waals surface area contributed by atoms with Crippen molar-refractivity contribution < 1.29 is 0 Å². The van der Waals surface area contributed by atoms with Gasteiger partial charge >= 0.3 is 0 Å². The van der Waals surface area contributed by atoms with Crippen LogP contribution in [0, 0.1) is 6.92 Å². The molecule has 2 aromatic heterocycles. The molecule has 3 heterocycles. The Hall–Kier alpha value is -1.98. The minimum absolute atomic E-state index is 0.00201. The number of hydrogen-bond acceptors (Lipinski definition) is 4. The summed E-state index contributed by atoms with van der Waals surface area (Å²) >= 11 is 1.73. The lowest BCUT2D eigenvalue weighted by Gasteiger charge is -2.24. The zero-order chi connectivity index (χ0) is 15.8. The topological polar surface area (TPSA) is 38.1 Å². The molecule has 0 spiro atoms. The molecule has 0 N–H and O–H groups in total. The Bertz CT molecular complexity index is 885. The van der Waals surface area contributed by atoms with Crippen LogP contribution in [0.15, 0.2) is 45.9 Å². The first-order valence-corrected chi connectivity index (χ1v) is 8.91. The molecule has 4 rings (SSSR count). The third-order valence-electron chi connectivity index (χ3n) is 4.66. The number of benzene rings is 1. The van der Waals surface area contributed by atoms with Gasteiger partial charge in [0, 0.05) is 18.0 Å². The second-order valence-corrected chi connectivity index (χ2v) is 6.88. The summed E-state index contributed by atoms with van der Waals surface area (Å²) in [7, 11) is 0. The highest BCUT2D eigenvalue weighted by molar-refractivity contribution is 7.07. The van der Waals surface area contributed by atoms with Gasteiger partial charge in [-0.2, -0.15) is 16.4 Å². The monoisotopic (exact) mass is 325 g/mol. The Kier molecular flexibility index (Phi) is 3.75. The van der Waals surface area contributed by atoms with Gasteiger partial charge in [0.05, 0.1) is 17.7 Å². The third-order valence-corrected chi connectivity index (χ3v) is 5.36. The van der Waals surface area contributed by atoms with E-state index in [9.17, 15) is 4.79 Å². The summed E-state index contributed by atoms with van der Waals surface area (Å²) in [5, 5.41) is 10.6. The minimum atomic E-state index is 0.00201. The molecule has 3 aromatic rings. The molecule has 5 heteroatoms. The summed E-state index contributed by atoms with van der Waals surface area (Å²) in [6, 6.07) is 10.3. The van der Waals surface area contributed by atoms with E-state index < -0.39 is 0 Å². The third kappa shape index (κ3) is 2.60. The van der Waals surface area contributed by atoms with Crippen molar-refractivity contribution >= 4 is 22.1 Å². The highest BCUT2D eigenvalue weighted by Crippen LogP contribution is 2.33. The van der Waals surface area contributed by atoms with Crippen LogP contribution >= 0.6 is 11.3 Å². The molecule has 0 saturated carbocycles. The molecule has 1 saturated heterocycles. The maximum absolute atomic E-state index is 12.7.